The molecule has 0 radical (unpaired) electrons. The second-order valence-electron chi connectivity index (χ2n) is 7.05. The summed E-state index contributed by atoms with van der Waals surface area (Å²) < 4.78 is 1.11. The van der Waals surface area contributed by atoms with E-state index >= 15 is 0 Å². The van der Waals surface area contributed by atoms with E-state index in [0.29, 0.717) is 12.5 Å². The summed E-state index contributed by atoms with van der Waals surface area (Å²) in [7, 11) is 4.09. The number of aliphatic hydroxyl groups is 1. The molecule has 0 unspecified atom stereocenters. The smallest absolute Gasteiger partial charge is 0.241 e. The zero-order valence-corrected chi connectivity index (χ0v) is 15.6. The van der Waals surface area contributed by atoms with E-state index < -0.39 is 0 Å². The number of likely N-dealkylation sites (tertiary alicyclic amines) is 1. The van der Waals surface area contributed by atoms with Crippen LogP contribution in [0.4, 0.5) is 5.13 Å². The molecule has 7 heteroatoms. The maximum atomic E-state index is 12.6. The molecule has 0 saturated carbocycles. The van der Waals surface area contributed by atoms with Crippen LogP contribution >= 0.6 is 11.3 Å². The minimum absolute atomic E-state index is 0.0705. The van der Waals surface area contributed by atoms with Crippen molar-refractivity contribution in [3.05, 3.63) is 24.3 Å². The van der Waals surface area contributed by atoms with Gasteiger partial charge < -0.3 is 20.2 Å². The van der Waals surface area contributed by atoms with E-state index in [-0.39, 0.29) is 25.0 Å². The van der Waals surface area contributed by atoms with Crippen LogP contribution in [-0.2, 0) is 4.79 Å². The quantitative estimate of drug-likeness (QED) is 0.819. The third kappa shape index (κ3) is 4.68. The van der Waals surface area contributed by atoms with E-state index in [4.69, 9.17) is 0 Å². The van der Waals surface area contributed by atoms with Gasteiger partial charge in [0.1, 0.15) is 0 Å². The van der Waals surface area contributed by atoms with Gasteiger partial charge in [0.25, 0.3) is 0 Å². The summed E-state index contributed by atoms with van der Waals surface area (Å²) in [5, 5.41) is 13.5. The van der Waals surface area contributed by atoms with E-state index in [1.807, 2.05) is 43.3 Å². The van der Waals surface area contributed by atoms with Crippen molar-refractivity contribution in [3.63, 3.8) is 0 Å². The molecule has 6 nitrogen and oxygen atoms in total. The van der Waals surface area contributed by atoms with Crippen LogP contribution in [0.3, 0.4) is 0 Å². The number of hydrogen-bond acceptors (Lipinski definition) is 6. The Morgan fingerprint density at radius 2 is 2.12 bits per heavy atom. The lowest BCUT2D eigenvalue weighted by atomic mass is 9.89. The molecular formula is C18H26N4O2S. The number of aliphatic hydroxyl groups excluding tert-OH is 1. The fraction of sp³-hybridized carbons (Fsp3) is 0.556. The van der Waals surface area contributed by atoms with Gasteiger partial charge in [0.05, 0.1) is 16.8 Å². The first kappa shape index (κ1) is 18.1. The number of aromatic nitrogens is 1. The second kappa shape index (κ2) is 8.12. The summed E-state index contributed by atoms with van der Waals surface area (Å²) in [6.07, 6.45) is 0.976. The molecule has 2 heterocycles. The van der Waals surface area contributed by atoms with Gasteiger partial charge in [-0.3, -0.25) is 4.79 Å². The number of rotatable bonds is 6. The van der Waals surface area contributed by atoms with E-state index in [2.05, 4.69) is 15.2 Å². The SMILES string of the molecule is CN(C)C[C@@H]1C[C@H](CO)CN(C(=O)CNc2nc3ccccc3s2)C1. The Morgan fingerprint density at radius 3 is 2.84 bits per heavy atom. The first-order valence-corrected chi connectivity index (χ1v) is 9.49. The Labute approximate surface area is 152 Å². The predicted octanol–water partition coefficient (Wildman–Crippen LogP) is 1.73. The fourth-order valence-electron chi connectivity index (χ4n) is 3.51. The van der Waals surface area contributed by atoms with Gasteiger partial charge in [-0.25, -0.2) is 4.98 Å². The molecule has 0 spiro atoms. The summed E-state index contributed by atoms with van der Waals surface area (Å²) in [4.78, 5) is 21.2. The lowest BCUT2D eigenvalue weighted by molar-refractivity contribution is -0.132. The number of hydrogen-bond donors (Lipinski definition) is 2. The number of para-hydroxylation sites is 1. The largest absolute Gasteiger partial charge is 0.396 e. The fourth-order valence-corrected chi connectivity index (χ4v) is 4.38. The summed E-state index contributed by atoms with van der Waals surface area (Å²) >= 11 is 1.56. The predicted molar refractivity (Wildman–Crippen MR) is 102 cm³/mol. The average Bonchev–Trinajstić information content (AvgIpc) is 3.01. The van der Waals surface area contributed by atoms with E-state index in [1.165, 1.54) is 0 Å². The second-order valence-corrected chi connectivity index (χ2v) is 8.08. The van der Waals surface area contributed by atoms with E-state index in [0.717, 1.165) is 34.9 Å². The molecule has 1 aromatic carbocycles. The molecule has 1 aromatic heterocycles. The van der Waals surface area contributed by atoms with E-state index in [1.54, 1.807) is 11.3 Å². The molecule has 2 N–H and O–H groups in total. The monoisotopic (exact) mass is 362 g/mol. The van der Waals surface area contributed by atoms with Crippen LogP contribution in [0.25, 0.3) is 10.2 Å². The zero-order chi connectivity index (χ0) is 17.8. The van der Waals surface area contributed by atoms with Crippen LogP contribution in [0, 0.1) is 11.8 Å². The molecule has 1 saturated heterocycles. The summed E-state index contributed by atoms with van der Waals surface area (Å²) in [6, 6.07) is 7.96. The van der Waals surface area contributed by atoms with Crippen LogP contribution in [-0.4, -0.2) is 72.7 Å². The third-order valence-corrected chi connectivity index (χ3v) is 5.54. The Kier molecular flexibility index (Phi) is 5.88. The van der Waals surface area contributed by atoms with Crippen LogP contribution < -0.4 is 5.32 Å². The van der Waals surface area contributed by atoms with Crippen molar-refractivity contribution >= 4 is 32.6 Å². The van der Waals surface area contributed by atoms with Crippen LogP contribution in [0.5, 0.6) is 0 Å². The average molecular weight is 362 g/mol. The molecule has 0 aliphatic carbocycles. The Bertz CT molecular complexity index is 685. The van der Waals surface area contributed by atoms with Crippen molar-refractivity contribution < 1.29 is 9.90 Å². The molecule has 3 rings (SSSR count). The van der Waals surface area contributed by atoms with Gasteiger partial charge in [-0.05, 0) is 44.5 Å². The van der Waals surface area contributed by atoms with Gasteiger partial charge in [0.2, 0.25) is 5.91 Å². The van der Waals surface area contributed by atoms with Crippen molar-refractivity contribution in [2.45, 2.75) is 6.42 Å². The van der Waals surface area contributed by atoms with Crippen molar-refractivity contribution in [1.29, 1.82) is 0 Å². The molecule has 2 atom stereocenters. The Hall–Kier alpha value is -1.70. The first-order valence-electron chi connectivity index (χ1n) is 8.68. The van der Waals surface area contributed by atoms with Gasteiger partial charge >= 0.3 is 0 Å². The number of carbonyl (C=O) groups is 1. The number of nitrogens with one attached hydrogen (secondary N) is 1. The zero-order valence-electron chi connectivity index (χ0n) is 14.8. The van der Waals surface area contributed by atoms with E-state index in [9.17, 15) is 9.90 Å². The highest BCUT2D eigenvalue weighted by Gasteiger charge is 2.29. The molecule has 0 bridgehead atoms. The lowest BCUT2D eigenvalue weighted by Crippen LogP contribution is -2.48. The minimum atomic E-state index is 0.0705. The van der Waals surface area contributed by atoms with Crippen molar-refractivity contribution in [2.75, 3.05) is 52.2 Å². The number of thiazole rings is 1. The molecule has 1 aliphatic rings. The van der Waals surface area contributed by atoms with Crippen molar-refractivity contribution in [2.24, 2.45) is 11.8 Å². The van der Waals surface area contributed by atoms with Gasteiger partial charge in [-0.2, -0.15) is 0 Å². The van der Waals surface area contributed by atoms with Gasteiger partial charge in [0.15, 0.2) is 5.13 Å². The first-order chi connectivity index (χ1) is 12.0. The molecule has 1 aliphatic heterocycles. The van der Waals surface area contributed by atoms with Gasteiger partial charge in [-0.1, -0.05) is 23.5 Å². The molecule has 1 fully saturated rings. The highest BCUT2D eigenvalue weighted by Crippen LogP contribution is 2.26. The topological polar surface area (TPSA) is 68.7 Å². The molecular weight excluding hydrogens is 336 g/mol. The molecule has 136 valence electrons. The van der Waals surface area contributed by atoms with Crippen molar-refractivity contribution in [3.8, 4) is 0 Å². The van der Waals surface area contributed by atoms with Crippen LogP contribution in [0.15, 0.2) is 24.3 Å². The molecule has 2 aromatic rings. The Balaban J connectivity index is 1.59. The number of anilines is 1. The maximum Gasteiger partial charge on any atom is 0.241 e. The minimum Gasteiger partial charge on any atom is -0.396 e. The Morgan fingerprint density at radius 1 is 1.36 bits per heavy atom. The summed E-state index contributed by atoms with van der Waals surface area (Å²) in [5.41, 5.74) is 0.951. The number of amides is 1. The number of carbonyl (C=O) groups excluding carboxylic acids is 1. The molecule has 1 amide bonds. The number of nitrogens with zero attached hydrogens (tertiary/aromatic N) is 3. The molecule has 25 heavy (non-hydrogen) atoms. The highest BCUT2D eigenvalue weighted by atomic mass is 32.1. The number of fused-ring (bicyclic) bond motifs is 1. The van der Waals surface area contributed by atoms with Crippen LogP contribution in [0.1, 0.15) is 6.42 Å². The third-order valence-electron chi connectivity index (χ3n) is 4.54. The number of benzene rings is 1. The van der Waals surface area contributed by atoms with Gasteiger partial charge in [-0.15, -0.1) is 0 Å². The summed E-state index contributed by atoms with van der Waals surface area (Å²) in [5.74, 6) is 0.651. The standard InChI is InChI=1S/C18H26N4O2S/c1-21(2)9-13-7-14(12-23)11-22(10-13)17(24)8-19-18-20-15-5-3-4-6-16(15)25-18/h3-6,13-14,23H,7-12H2,1-2H3,(H,19,20)/t13-,14-/m0/s1. The maximum absolute atomic E-state index is 12.6. The summed E-state index contributed by atoms with van der Waals surface area (Å²) in [6.45, 7) is 2.72. The van der Waals surface area contributed by atoms with Gasteiger partial charge in [0, 0.05) is 26.2 Å². The van der Waals surface area contributed by atoms with Crippen LogP contribution in [0.2, 0.25) is 0 Å². The van der Waals surface area contributed by atoms with Crippen molar-refractivity contribution in [1.82, 2.24) is 14.8 Å². The lowest BCUT2D eigenvalue weighted by Gasteiger charge is -2.38. The highest BCUT2D eigenvalue weighted by molar-refractivity contribution is 7.22. The normalized spacial score (nSPS) is 21.0. The number of piperidine rings is 1.